The Morgan fingerprint density at radius 1 is 0.914 bits per heavy atom. The number of aromatic nitrogens is 2. The smallest absolute Gasteiger partial charge is 0.246 e. The maximum atomic E-state index is 12.9. The second-order valence-electron chi connectivity index (χ2n) is 9.12. The number of benzene rings is 2. The second kappa shape index (κ2) is 8.91. The van der Waals surface area contributed by atoms with Crippen LogP contribution < -0.4 is 0 Å². The van der Waals surface area contributed by atoms with Gasteiger partial charge in [-0.15, -0.1) is 0 Å². The van der Waals surface area contributed by atoms with Crippen molar-refractivity contribution in [1.82, 2.24) is 19.6 Å². The Hall–Kier alpha value is -4.13. The number of nitrogens with zero attached hydrogens (tertiary/aromatic N) is 4. The van der Waals surface area contributed by atoms with Crippen LogP contribution in [-0.4, -0.2) is 57.6 Å². The minimum Gasteiger partial charge on any atom is -0.454 e. The zero-order valence-corrected chi connectivity index (χ0v) is 19.3. The van der Waals surface area contributed by atoms with Crippen LogP contribution in [0.2, 0.25) is 0 Å². The van der Waals surface area contributed by atoms with Gasteiger partial charge in [0.25, 0.3) is 0 Å². The Labute approximate surface area is 203 Å². The van der Waals surface area contributed by atoms with Gasteiger partial charge in [0.1, 0.15) is 11.3 Å². The molecule has 3 heterocycles. The van der Waals surface area contributed by atoms with E-state index in [4.69, 9.17) is 9.52 Å². The van der Waals surface area contributed by atoms with Gasteiger partial charge in [-0.2, -0.15) is 5.10 Å². The molecule has 1 saturated heterocycles. The lowest BCUT2D eigenvalue weighted by atomic mass is 10.1. The van der Waals surface area contributed by atoms with Crippen molar-refractivity contribution in [2.75, 3.05) is 26.2 Å². The van der Waals surface area contributed by atoms with Crippen LogP contribution in [0.5, 0.6) is 0 Å². The van der Waals surface area contributed by atoms with Gasteiger partial charge in [-0.1, -0.05) is 36.4 Å². The molecular formula is C28H26N4O3. The number of para-hydroxylation sites is 2. The predicted octanol–water partition coefficient (Wildman–Crippen LogP) is 4.38. The normalized spacial score (nSPS) is 16.3. The Morgan fingerprint density at radius 3 is 2.37 bits per heavy atom. The monoisotopic (exact) mass is 466 g/mol. The van der Waals surface area contributed by atoms with E-state index in [2.05, 4.69) is 0 Å². The summed E-state index contributed by atoms with van der Waals surface area (Å²) < 4.78 is 7.88. The molecule has 1 saturated carbocycles. The molecule has 0 radical (unpaired) electrons. The van der Waals surface area contributed by atoms with Crippen LogP contribution in [-0.2, 0) is 9.59 Å². The first-order valence-corrected chi connectivity index (χ1v) is 12.1. The first-order chi connectivity index (χ1) is 17.2. The SMILES string of the molecule is O=C(C=Cc1cn(-c2ccccc2)nc1-c1cc2ccccc2o1)N1CCN(C(=O)C2CC2)CC1. The summed E-state index contributed by atoms with van der Waals surface area (Å²) in [4.78, 5) is 28.9. The summed E-state index contributed by atoms with van der Waals surface area (Å²) in [5.74, 6) is 1.05. The summed E-state index contributed by atoms with van der Waals surface area (Å²) in [6.45, 7) is 2.32. The molecular weight excluding hydrogens is 440 g/mol. The predicted molar refractivity (Wildman–Crippen MR) is 134 cm³/mol. The second-order valence-corrected chi connectivity index (χ2v) is 9.12. The molecule has 176 valence electrons. The van der Waals surface area contributed by atoms with Crippen molar-refractivity contribution in [2.45, 2.75) is 12.8 Å². The third-order valence-corrected chi connectivity index (χ3v) is 6.66. The minimum atomic E-state index is -0.0634. The molecule has 2 fully saturated rings. The van der Waals surface area contributed by atoms with Gasteiger partial charge in [0, 0.05) is 55.3 Å². The van der Waals surface area contributed by atoms with Crippen molar-refractivity contribution in [1.29, 1.82) is 0 Å². The van der Waals surface area contributed by atoms with Crippen molar-refractivity contribution < 1.29 is 14.0 Å². The molecule has 1 aliphatic heterocycles. The molecule has 7 heteroatoms. The highest BCUT2D eigenvalue weighted by molar-refractivity contribution is 5.93. The molecule has 0 atom stereocenters. The highest BCUT2D eigenvalue weighted by Gasteiger charge is 2.35. The standard InChI is InChI=1S/C28H26N4O3/c33-26(30-14-16-31(17-15-30)28(34)20-10-11-20)13-12-22-19-32(23-7-2-1-3-8-23)29-27(22)25-18-21-6-4-5-9-24(21)35-25/h1-9,12-13,18-20H,10-11,14-17H2. The third kappa shape index (κ3) is 4.37. The summed E-state index contributed by atoms with van der Waals surface area (Å²) in [6.07, 6.45) is 7.32. The lowest BCUT2D eigenvalue weighted by molar-refractivity contribution is -0.138. The minimum absolute atomic E-state index is 0.0634. The van der Waals surface area contributed by atoms with Crippen LogP contribution in [0, 0.1) is 5.92 Å². The van der Waals surface area contributed by atoms with Crippen LogP contribution in [0.15, 0.2) is 77.4 Å². The van der Waals surface area contributed by atoms with Gasteiger partial charge in [0.15, 0.2) is 5.76 Å². The molecule has 0 spiro atoms. The van der Waals surface area contributed by atoms with Crippen LogP contribution in [0.1, 0.15) is 18.4 Å². The summed E-state index contributed by atoms with van der Waals surface area (Å²) in [7, 11) is 0. The molecule has 35 heavy (non-hydrogen) atoms. The maximum Gasteiger partial charge on any atom is 0.246 e. The van der Waals surface area contributed by atoms with Crippen LogP contribution in [0.4, 0.5) is 0 Å². The van der Waals surface area contributed by atoms with Gasteiger partial charge in [0.2, 0.25) is 11.8 Å². The van der Waals surface area contributed by atoms with Gasteiger partial charge >= 0.3 is 0 Å². The number of piperazine rings is 1. The molecule has 0 bridgehead atoms. The fourth-order valence-electron chi connectivity index (χ4n) is 4.51. The number of fused-ring (bicyclic) bond motifs is 1. The number of amides is 2. The number of carbonyl (C=O) groups excluding carboxylic acids is 2. The average molecular weight is 467 g/mol. The fourth-order valence-corrected chi connectivity index (χ4v) is 4.51. The van der Waals surface area contributed by atoms with E-state index in [0.29, 0.717) is 37.6 Å². The van der Waals surface area contributed by atoms with E-state index >= 15 is 0 Å². The number of rotatable bonds is 5. The Bertz CT molecular complexity index is 1370. The van der Waals surface area contributed by atoms with E-state index in [0.717, 1.165) is 35.1 Å². The van der Waals surface area contributed by atoms with Crippen LogP contribution in [0.25, 0.3) is 34.2 Å². The first kappa shape index (κ1) is 21.4. The molecule has 2 aliphatic rings. The maximum absolute atomic E-state index is 12.9. The Kier molecular flexibility index (Phi) is 5.45. The van der Waals surface area contributed by atoms with Gasteiger partial charge in [-0.3, -0.25) is 9.59 Å². The molecule has 2 amide bonds. The van der Waals surface area contributed by atoms with Gasteiger partial charge < -0.3 is 14.2 Å². The summed E-state index contributed by atoms with van der Waals surface area (Å²) in [5.41, 5.74) is 3.19. The highest BCUT2D eigenvalue weighted by atomic mass is 16.3. The van der Waals surface area contributed by atoms with E-state index in [-0.39, 0.29) is 17.7 Å². The zero-order valence-electron chi connectivity index (χ0n) is 19.3. The van der Waals surface area contributed by atoms with E-state index in [9.17, 15) is 9.59 Å². The Balaban J connectivity index is 1.25. The van der Waals surface area contributed by atoms with E-state index in [1.807, 2.05) is 71.8 Å². The molecule has 1 aliphatic carbocycles. The fraction of sp³-hybridized carbons (Fsp3) is 0.250. The van der Waals surface area contributed by atoms with E-state index in [1.54, 1.807) is 21.7 Å². The van der Waals surface area contributed by atoms with E-state index in [1.165, 1.54) is 0 Å². The molecule has 0 N–H and O–H groups in total. The lowest BCUT2D eigenvalue weighted by Crippen LogP contribution is -2.50. The summed E-state index contributed by atoms with van der Waals surface area (Å²) in [5, 5.41) is 5.79. The lowest BCUT2D eigenvalue weighted by Gasteiger charge is -2.34. The molecule has 4 aromatic rings. The van der Waals surface area contributed by atoms with Crippen molar-refractivity contribution >= 4 is 28.9 Å². The zero-order chi connectivity index (χ0) is 23.8. The topological polar surface area (TPSA) is 71.6 Å². The molecule has 2 aromatic heterocycles. The van der Waals surface area contributed by atoms with Crippen LogP contribution in [0.3, 0.4) is 0 Å². The van der Waals surface area contributed by atoms with Crippen molar-refractivity contribution in [3.63, 3.8) is 0 Å². The first-order valence-electron chi connectivity index (χ1n) is 12.1. The van der Waals surface area contributed by atoms with E-state index < -0.39 is 0 Å². The van der Waals surface area contributed by atoms with Crippen molar-refractivity contribution in [3.8, 4) is 17.1 Å². The summed E-state index contributed by atoms with van der Waals surface area (Å²) in [6, 6.07) is 19.7. The van der Waals surface area contributed by atoms with Gasteiger partial charge in [-0.05, 0) is 43.2 Å². The van der Waals surface area contributed by atoms with Gasteiger partial charge in [-0.25, -0.2) is 4.68 Å². The quantitative estimate of drug-likeness (QED) is 0.409. The molecule has 6 rings (SSSR count). The number of furan rings is 1. The van der Waals surface area contributed by atoms with Gasteiger partial charge in [0.05, 0.1) is 5.69 Å². The molecule has 7 nitrogen and oxygen atoms in total. The number of carbonyl (C=O) groups is 2. The third-order valence-electron chi connectivity index (χ3n) is 6.66. The number of hydrogen-bond acceptors (Lipinski definition) is 4. The number of hydrogen-bond donors (Lipinski definition) is 0. The van der Waals surface area contributed by atoms with Crippen LogP contribution >= 0.6 is 0 Å². The van der Waals surface area contributed by atoms with Crippen molar-refractivity contribution in [3.05, 3.63) is 78.5 Å². The van der Waals surface area contributed by atoms with Crippen molar-refractivity contribution in [2.24, 2.45) is 5.92 Å². The molecule has 2 aromatic carbocycles. The molecule has 0 unspecified atom stereocenters. The highest BCUT2D eigenvalue weighted by Crippen LogP contribution is 2.32. The average Bonchev–Trinajstić information content (AvgIpc) is 3.52. The Morgan fingerprint density at radius 2 is 1.63 bits per heavy atom. The largest absolute Gasteiger partial charge is 0.454 e. The summed E-state index contributed by atoms with van der Waals surface area (Å²) >= 11 is 0.